The van der Waals surface area contributed by atoms with E-state index in [1.165, 1.54) is 17.8 Å². The van der Waals surface area contributed by atoms with Gasteiger partial charge in [0.25, 0.3) is 0 Å². The van der Waals surface area contributed by atoms with Crippen LogP contribution in [0.15, 0.2) is 0 Å². The third kappa shape index (κ3) is 1.83. The second kappa shape index (κ2) is 4.00. The Hall–Kier alpha value is -0.770. The minimum Gasteiger partial charge on any atom is -0.383 e. The Labute approximate surface area is 95.4 Å². The van der Waals surface area contributed by atoms with Crippen molar-refractivity contribution in [1.29, 1.82) is 0 Å². The molecule has 1 unspecified atom stereocenters. The summed E-state index contributed by atoms with van der Waals surface area (Å²) in [5.74, 6) is 1.40. The molecule has 3 nitrogen and oxygen atoms in total. The summed E-state index contributed by atoms with van der Waals surface area (Å²) in [6.45, 7) is 7.82. The number of anilines is 2. The Balaban J connectivity index is 2.26. The highest BCUT2D eigenvalue weighted by Gasteiger charge is 2.29. The van der Waals surface area contributed by atoms with Gasteiger partial charge in [0.15, 0.2) is 0 Å². The van der Waals surface area contributed by atoms with Crippen molar-refractivity contribution in [1.82, 2.24) is 4.37 Å². The molecule has 2 heterocycles. The average Bonchev–Trinajstić information content (AvgIpc) is 2.75. The molecule has 0 radical (unpaired) electrons. The van der Waals surface area contributed by atoms with E-state index in [1.807, 2.05) is 0 Å². The molecule has 2 N–H and O–H groups in total. The third-order valence-electron chi connectivity index (χ3n) is 3.27. The van der Waals surface area contributed by atoms with E-state index in [-0.39, 0.29) is 0 Å². The van der Waals surface area contributed by atoms with Gasteiger partial charge in [0.05, 0.1) is 0 Å². The van der Waals surface area contributed by atoms with Crippen molar-refractivity contribution in [2.24, 2.45) is 5.92 Å². The Bertz CT molecular complexity index is 346. The quantitative estimate of drug-likeness (QED) is 0.841. The van der Waals surface area contributed by atoms with Gasteiger partial charge in [0, 0.05) is 18.2 Å². The summed E-state index contributed by atoms with van der Waals surface area (Å²) < 4.78 is 4.23. The summed E-state index contributed by atoms with van der Waals surface area (Å²) in [6, 6.07) is 0.670. The van der Waals surface area contributed by atoms with Crippen molar-refractivity contribution >= 4 is 22.4 Å². The van der Waals surface area contributed by atoms with Crippen molar-refractivity contribution in [3.05, 3.63) is 5.56 Å². The topological polar surface area (TPSA) is 42.1 Å². The summed E-state index contributed by atoms with van der Waals surface area (Å²) in [7, 11) is 0. The fraction of sp³-hybridized carbons (Fsp3) is 0.727. The molecule has 1 aromatic heterocycles. The molecule has 84 valence electrons. The van der Waals surface area contributed by atoms with Gasteiger partial charge in [0.1, 0.15) is 10.8 Å². The summed E-state index contributed by atoms with van der Waals surface area (Å²) in [6.07, 6.45) is 2.59. The molecule has 0 spiro atoms. The van der Waals surface area contributed by atoms with E-state index < -0.39 is 0 Å². The fourth-order valence-electron chi connectivity index (χ4n) is 2.34. The van der Waals surface area contributed by atoms with Gasteiger partial charge in [-0.1, -0.05) is 13.8 Å². The van der Waals surface area contributed by atoms with Gasteiger partial charge in [-0.2, -0.15) is 4.37 Å². The number of nitrogens with two attached hydrogens (primary N) is 1. The lowest BCUT2D eigenvalue weighted by molar-refractivity contribution is 0.493. The molecule has 1 atom stereocenters. The van der Waals surface area contributed by atoms with Crippen LogP contribution in [0.25, 0.3) is 0 Å². The molecule has 15 heavy (non-hydrogen) atoms. The summed E-state index contributed by atoms with van der Waals surface area (Å²) in [5, 5.41) is 1.28. The standard InChI is InChI=1S/C11H19N3S/c1-7(2)9-5-4-6-14(9)11-8(3)10(12)13-15-11/h7,9H,4-6H2,1-3H3,(H2,12,13). The van der Waals surface area contributed by atoms with Crippen LogP contribution in [0.3, 0.4) is 0 Å². The first kappa shape index (κ1) is 10.7. The molecule has 1 saturated heterocycles. The van der Waals surface area contributed by atoms with E-state index in [2.05, 4.69) is 30.0 Å². The molecule has 0 aromatic carbocycles. The highest BCUT2D eigenvalue weighted by atomic mass is 32.1. The molecule has 1 aromatic rings. The fourth-order valence-corrected chi connectivity index (χ4v) is 3.24. The second-order valence-electron chi connectivity index (χ2n) is 4.64. The van der Waals surface area contributed by atoms with Gasteiger partial charge in [-0.25, -0.2) is 0 Å². The van der Waals surface area contributed by atoms with Crippen molar-refractivity contribution in [2.75, 3.05) is 17.2 Å². The average molecular weight is 225 g/mol. The number of nitrogens with zero attached hydrogens (tertiary/aromatic N) is 2. The molecular weight excluding hydrogens is 206 g/mol. The van der Waals surface area contributed by atoms with Gasteiger partial charge in [-0.05, 0) is 37.2 Å². The van der Waals surface area contributed by atoms with Crippen LogP contribution in [0.2, 0.25) is 0 Å². The molecular formula is C11H19N3S. The largest absolute Gasteiger partial charge is 0.383 e. The van der Waals surface area contributed by atoms with Crippen molar-refractivity contribution in [2.45, 2.75) is 39.7 Å². The van der Waals surface area contributed by atoms with E-state index in [0.717, 1.165) is 12.1 Å². The van der Waals surface area contributed by atoms with Gasteiger partial charge in [-0.15, -0.1) is 0 Å². The van der Waals surface area contributed by atoms with Gasteiger partial charge in [-0.3, -0.25) is 0 Å². The Morgan fingerprint density at radius 1 is 1.53 bits per heavy atom. The van der Waals surface area contributed by atoms with Crippen molar-refractivity contribution in [3.8, 4) is 0 Å². The molecule has 2 rings (SSSR count). The predicted molar refractivity (Wildman–Crippen MR) is 66.5 cm³/mol. The van der Waals surface area contributed by atoms with Crippen LogP contribution in [0, 0.1) is 12.8 Å². The van der Waals surface area contributed by atoms with Crippen LogP contribution < -0.4 is 10.6 Å². The third-order valence-corrected chi connectivity index (χ3v) is 4.27. The van der Waals surface area contributed by atoms with Crippen LogP contribution in [0.5, 0.6) is 0 Å². The van der Waals surface area contributed by atoms with Crippen molar-refractivity contribution < 1.29 is 0 Å². The minimum absolute atomic E-state index is 0.670. The normalized spacial score (nSPS) is 21.6. The lowest BCUT2D eigenvalue weighted by atomic mass is 10.0. The maximum absolute atomic E-state index is 5.80. The zero-order chi connectivity index (χ0) is 11.0. The highest BCUT2D eigenvalue weighted by Crippen LogP contribution is 2.36. The zero-order valence-corrected chi connectivity index (χ0v) is 10.5. The molecule has 0 aliphatic carbocycles. The zero-order valence-electron chi connectivity index (χ0n) is 9.66. The molecule has 1 fully saturated rings. The number of nitrogen functional groups attached to an aromatic ring is 1. The van der Waals surface area contributed by atoms with E-state index in [4.69, 9.17) is 5.73 Å². The molecule has 0 saturated carbocycles. The Morgan fingerprint density at radius 3 is 2.80 bits per heavy atom. The predicted octanol–water partition coefficient (Wildman–Crippen LogP) is 2.66. The lowest BCUT2D eigenvalue weighted by Crippen LogP contribution is -2.33. The maximum Gasteiger partial charge on any atom is 0.142 e. The number of hydrogen-bond acceptors (Lipinski definition) is 4. The maximum atomic E-state index is 5.80. The highest BCUT2D eigenvalue weighted by molar-refractivity contribution is 7.10. The monoisotopic (exact) mass is 225 g/mol. The molecule has 1 aliphatic heterocycles. The van der Waals surface area contributed by atoms with E-state index in [9.17, 15) is 0 Å². The minimum atomic E-state index is 0.670. The van der Waals surface area contributed by atoms with Gasteiger partial charge in [0.2, 0.25) is 0 Å². The van der Waals surface area contributed by atoms with Crippen LogP contribution >= 0.6 is 11.5 Å². The first-order valence-electron chi connectivity index (χ1n) is 5.59. The van der Waals surface area contributed by atoms with E-state index in [1.54, 1.807) is 11.5 Å². The lowest BCUT2D eigenvalue weighted by Gasteiger charge is -2.28. The van der Waals surface area contributed by atoms with Crippen LogP contribution in [-0.2, 0) is 0 Å². The summed E-state index contributed by atoms with van der Waals surface area (Å²) in [4.78, 5) is 2.49. The molecule has 0 bridgehead atoms. The van der Waals surface area contributed by atoms with Crippen LogP contribution in [0.4, 0.5) is 10.8 Å². The SMILES string of the molecule is Cc1c(N)nsc1N1CCCC1C(C)C. The molecule has 1 aliphatic rings. The molecule has 0 amide bonds. The number of hydrogen-bond donors (Lipinski definition) is 1. The van der Waals surface area contributed by atoms with Crippen molar-refractivity contribution in [3.63, 3.8) is 0 Å². The Morgan fingerprint density at radius 2 is 2.27 bits per heavy atom. The second-order valence-corrected chi connectivity index (χ2v) is 5.40. The number of rotatable bonds is 2. The smallest absolute Gasteiger partial charge is 0.142 e. The van der Waals surface area contributed by atoms with E-state index >= 15 is 0 Å². The van der Waals surface area contributed by atoms with Crippen LogP contribution in [-0.4, -0.2) is 17.0 Å². The molecule has 4 heteroatoms. The van der Waals surface area contributed by atoms with Gasteiger partial charge < -0.3 is 10.6 Å². The summed E-state index contributed by atoms with van der Waals surface area (Å²) >= 11 is 1.55. The Kier molecular flexibility index (Phi) is 2.87. The van der Waals surface area contributed by atoms with E-state index in [0.29, 0.717) is 17.8 Å². The first-order chi connectivity index (χ1) is 7.11. The summed E-state index contributed by atoms with van der Waals surface area (Å²) in [5.41, 5.74) is 6.96. The van der Waals surface area contributed by atoms with Crippen LogP contribution in [0.1, 0.15) is 32.3 Å². The first-order valence-corrected chi connectivity index (χ1v) is 6.37. The number of aromatic nitrogens is 1. The van der Waals surface area contributed by atoms with Gasteiger partial charge >= 0.3 is 0 Å².